The van der Waals surface area contributed by atoms with Gasteiger partial charge >= 0.3 is 6.18 Å². The van der Waals surface area contributed by atoms with Crippen molar-refractivity contribution in [3.63, 3.8) is 0 Å². The Morgan fingerprint density at radius 1 is 1.22 bits per heavy atom. The molecule has 0 saturated heterocycles. The number of alkyl halides is 3. The lowest BCUT2D eigenvalue weighted by molar-refractivity contribution is -0.137. The molecule has 1 heterocycles. The van der Waals surface area contributed by atoms with Crippen LogP contribution in [-0.4, -0.2) is 5.54 Å². The van der Waals surface area contributed by atoms with E-state index >= 15 is 0 Å². The van der Waals surface area contributed by atoms with Gasteiger partial charge in [-0.05, 0) is 38.5 Å². The molecule has 0 aromatic heterocycles. The number of anilines is 1. The van der Waals surface area contributed by atoms with Crippen LogP contribution in [0, 0.1) is 0 Å². The van der Waals surface area contributed by atoms with Crippen LogP contribution in [0.4, 0.5) is 18.9 Å². The van der Waals surface area contributed by atoms with Gasteiger partial charge in [0.05, 0.1) is 16.1 Å². The molecule has 0 aliphatic carbocycles. The van der Waals surface area contributed by atoms with Gasteiger partial charge in [-0.3, -0.25) is 0 Å². The average Bonchev–Trinajstić information content (AvgIpc) is 2.15. The summed E-state index contributed by atoms with van der Waals surface area (Å²) in [7, 11) is 0. The lowest BCUT2D eigenvalue weighted by atomic mass is 9.90. The van der Waals surface area contributed by atoms with Crippen LogP contribution in [0.15, 0.2) is 18.2 Å². The second-order valence-corrected chi connectivity index (χ2v) is 5.46. The molecule has 2 rings (SSSR count). The molecule has 0 amide bonds. The second kappa shape index (κ2) is 3.92. The van der Waals surface area contributed by atoms with E-state index in [2.05, 4.69) is 5.32 Å². The molecular formula is C13H13ClF3N. The first kappa shape index (κ1) is 13.3. The van der Waals surface area contributed by atoms with Crippen LogP contribution >= 0.6 is 11.6 Å². The Morgan fingerprint density at radius 3 is 2.39 bits per heavy atom. The SMILES string of the molecule is CC1=CC(C)(C)Nc2cc(C(F)(F)F)c(Cl)cc21. The molecule has 0 unspecified atom stereocenters. The molecule has 0 fully saturated rings. The van der Waals surface area contributed by atoms with Gasteiger partial charge in [0.15, 0.2) is 0 Å². The standard InChI is InChI=1S/C13H13ClF3N/c1-7-6-12(2,3)18-11-5-9(13(15,16)17)10(14)4-8(7)11/h4-6,18H,1-3H3. The van der Waals surface area contributed by atoms with Gasteiger partial charge in [0, 0.05) is 11.3 Å². The first-order valence-electron chi connectivity index (χ1n) is 5.49. The molecule has 1 N–H and O–H groups in total. The van der Waals surface area contributed by atoms with Crippen molar-refractivity contribution in [2.45, 2.75) is 32.5 Å². The van der Waals surface area contributed by atoms with Crippen LogP contribution in [0.3, 0.4) is 0 Å². The maximum atomic E-state index is 12.8. The Kier molecular flexibility index (Phi) is 2.89. The number of hydrogen-bond acceptors (Lipinski definition) is 1. The minimum Gasteiger partial charge on any atom is -0.376 e. The van der Waals surface area contributed by atoms with Crippen molar-refractivity contribution < 1.29 is 13.2 Å². The fourth-order valence-corrected chi connectivity index (χ4v) is 2.49. The zero-order valence-corrected chi connectivity index (χ0v) is 11.0. The summed E-state index contributed by atoms with van der Waals surface area (Å²) in [6.45, 7) is 5.67. The van der Waals surface area contributed by atoms with Crippen molar-refractivity contribution in [3.05, 3.63) is 34.4 Å². The number of hydrogen-bond donors (Lipinski definition) is 1. The Labute approximate surface area is 109 Å². The van der Waals surface area contributed by atoms with Crippen molar-refractivity contribution in [1.29, 1.82) is 0 Å². The van der Waals surface area contributed by atoms with Crippen LogP contribution < -0.4 is 5.32 Å². The first-order valence-corrected chi connectivity index (χ1v) is 5.87. The molecule has 1 aromatic rings. The number of halogens is 4. The van der Waals surface area contributed by atoms with E-state index in [0.29, 0.717) is 11.3 Å². The zero-order valence-electron chi connectivity index (χ0n) is 10.2. The minimum atomic E-state index is -4.44. The van der Waals surface area contributed by atoms with E-state index in [1.165, 1.54) is 6.07 Å². The van der Waals surface area contributed by atoms with E-state index in [9.17, 15) is 13.2 Å². The summed E-state index contributed by atoms with van der Waals surface area (Å²) < 4.78 is 38.3. The van der Waals surface area contributed by atoms with Gasteiger partial charge in [-0.2, -0.15) is 13.2 Å². The third-order valence-electron chi connectivity index (χ3n) is 2.87. The molecule has 0 radical (unpaired) electrons. The summed E-state index contributed by atoms with van der Waals surface area (Å²) in [5.41, 5.74) is 0.933. The monoisotopic (exact) mass is 275 g/mol. The van der Waals surface area contributed by atoms with Gasteiger partial charge in [0.1, 0.15) is 0 Å². The highest BCUT2D eigenvalue weighted by Gasteiger charge is 2.35. The highest BCUT2D eigenvalue weighted by molar-refractivity contribution is 6.31. The second-order valence-electron chi connectivity index (χ2n) is 5.05. The number of allylic oxidation sites excluding steroid dienone is 1. The van der Waals surface area contributed by atoms with Gasteiger partial charge in [0.2, 0.25) is 0 Å². The van der Waals surface area contributed by atoms with E-state index in [0.717, 1.165) is 11.6 Å². The Bertz CT molecular complexity index is 530. The summed E-state index contributed by atoms with van der Waals surface area (Å²) in [5.74, 6) is 0. The fourth-order valence-electron chi connectivity index (χ4n) is 2.22. The summed E-state index contributed by atoms with van der Waals surface area (Å²) in [5, 5.41) is 2.80. The molecule has 1 aliphatic rings. The highest BCUT2D eigenvalue weighted by Crippen LogP contribution is 2.42. The predicted molar refractivity (Wildman–Crippen MR) is 67.8 cm³/mol. The summed E-state index contributed by atoms with van der Waals surface area (Å²) in [6, 6.07) is 2.45. The summed E-state index contributed by atoms with van der Waals surface area (Å²) >= 11 is 5.71. The van der Waals surface area contributed by atoms with Crippen LogP contribution in [0.2, 0.25) is 5.02 Å². The van der Waals surface area contributed by atoms with Gasteiger partial charge in [-0.15, -0.1) is 0 Å². The molecule has 0 spiro atoms. The van der Waals surface area contributed by atoms with E-state index < -0.39 is 11.7 Å². The quantitative estimate of drug-likeness (QED) is 0.705. The van der Waals surface area contributed by atoms with Gasteiger partial charge < -0.3 is 5.32 Å². The van der Waals surface area contributed by atoms with Crippen molar-refractivity contribution in [2.24, 2.45) is 0 Å². The topological polar surface area (TPSA) is 12.0 Å². The van der Waals surface area contributed by atoms with Crippen molar-refractivity contribution >= 4 is 22.9 Å². The van der Waals surface area contributed by atoms with E-state index in [4.69, 9.17) is 11.6 Å². The zero-order chi connectivity index (χ0) is 13.7. The lowest BCUT2D eigenvalue weighted by Crippen LogP contribution is -2.31. The molecule has 1 aromatic carbocycles. The Balaban J connectivity index is 2.62. The first-order chi connectivity index (χ1) is 8.10. The summed E-state index contributed by atoms with van der Waals surface area (Å²) in [4.78, 5) is 0. The van der Waals surface area contributed by atoms with Crippen LogP contribution in [0.1, 0.15) is 31.9 Å². The normalized spacial score (nSPS) is 17.8. The Hall–Kier alpha value is -1.16. The maximum absolute atomic E-state index is 12.8. The third-order valence-corrected chi connectivity index (χ3v) is 3.18. The van der Waals surface area contributed by atoms with Crippen LogP contribution in [-0.2, 0) is 6.18 Å². The Morgan fingerprint density at radius 2 is 1.83 bits per heavy atom. The molecule has 5 heteroatoms. The predicted octanol–water partition coefficient (Wildman–Crippen LogP) is 4.97. The van der Waals surface area contributed by atoms with Gasteiger partial charge in [-0.25, -0.2) is 0 Å². The average molecular weight is 276 g/mol. The van der Waals surface area contributed by atoms with Crippen molar-refractivity contribution in [1.82, 2.24) is 0 Å². The molecule has 1 aliphatic heterocycles. The molecule has 0 atom stereocenters. The largest absolute Gasteiger partial charge is 0.417 e. The highest BCUT2D eigenvalue weighted by atomic mass is 35.5. The lowest BCUT2D eigenvalue weighted by Gasteiger charge is -2.32. The molecule has 1 nitrogen and oxygen atoms in total. The molecular weight excluding hydrogens is 263 g/mol. The number of nitrogens with one attached hydrogen (secondary N) is 1. The van der Waals surface area contributed by atoms with Crippen LogP contribution in [0.5, 0.6) is 0 Å². The van der Waals surface area contributed by atoms with Gasteiger partial charge in [-0.1, -0.05) is 17.7 Å². The van der Waals surface area contributed by atoms with Crippen molar-refractivity contribution in [2.75, 3.05) is 5.32 Å². The fraction of sp³-hybridized carbons (Fsp3) is 0.385. The van der Waals surface area contributed by atoms with Crippen LogP contribution in [0.25, 0.3) is 5.57 Å². The summed E-state index contributed by atoms with van der Waals surface area (Å²) in [6.07, 6.45) is -2.47. The number of rotatable bonds is 0. The number of fused-ring (bicyclic) bond motifs is 1. The molecule has 18 heavy (non-hydrogen) atoms. The van der Waals surface area contributed by atoms with E-state index in [-0.39, 0.29) is 10.6 Å². The molecule has 0 bridgehead atoms. The molecule has 98 valence electrons. The van der Waals surface area contributed by atoms with Crippen molar-refractivity contribution in [3.8, 4) is 0 Å². The minimum absolute atomic E-state index is 0.268. The third kappa shape index (κ3) is 2.34. The smallest absolute Gasteiger partial charge is 0.376 e. The van der Waals surface area contributed by atoms with E-state index in [1.807, 2.05) is 26.8 Å². The van der Waals surface area contributed by atoms with E-state index in [1.54, 1.807) is 0 Å². The maximum Gasteiger partial charge on any atom is 0.417 e. The molecule has 0 saturated carbocycles. The number of benzene rings is 1. The van der Waals surface area contributed by atoms with Gasteiger partial charge in [0.25, 0.3) is 0 Å².